The molecule has 1 aromatic heterocycles. The van der Waals surface area contributed by atoms with Crippen molar-refractivity contribution in [3.63, 3.8) is 0 Å². The highest BCUT2D eigenvalue weighted by Gasteiger charge is 2.07. The largest absolute Gasteiger partial charge is 0.385 e. The molecule has 0 aliphatic rings. The molecule has 0 fully saturated rings. The maximum absolute atomic E-state index is 8.74. The second-order valence-corrected chi connectivity index (χ2v) is 2.19. The standard InChI is InChI=1S/C7H11N2O/c1-6-3-2-4-7(5-10)9(6)8/h2-4,10H,5,8H2,1H3/q+1. The van der Waals surface area contributed by atoms with Gasteiger partial charge in [0.25, 0.3) is 0 Å². The molecule has 0 aliphatic heterocycles. The first-order valence-corrected chi connectivity index (χ1v) is 3.12. The van der Waals surface area contributed by atoms with Gasteiger partial charge < -0.3 is 5.11 Å². The van der Waals surface area contributed by atoms with Crippen LogP contribution in [0.5, 0.6) is 0 Å². The van der Waals surface area contributed by atoms with E-state index in [2.05, 4.69) is 0 Å². The van der Waals surface area contributed by atoms with Gasteiger partial charge in [-0.2, -0.15) is 0 Å². The molecule has 1 rings (SSSR count). The van der Waals surface area contributed by atoms with E-state index in [1.54, 1.807) is 6.07 Å². The second kappa shape index (κ2) is 2.66. The first-order chi connectivity index (χ1) is 4.75. The summed E-state index contributed by atoms with van der Waals surface area (Å²) in [6.45, 7) is 1.87. The predicted octanol–water partition coefficient (Wildman–Crippen LogP) is -0.511. The predicted molar refractivity (Wildman–Crippen MR) is 37.4 cm³/mol. The minimum absolute atomic E-state index is 0.0157. The van der Waals surface area contributed by atoms with E-state index in [1.807, 2.05) is 19.1 Å². The maximum Gasteiger partial charge on any atom is 0.236 e. The third-order valence-corrected chi connectivity index (χ3v) is 1.48. The van der Waals surface area contributed by atoms with Crippen LogP contribution in [-0.4, -0.2) is 5.11 Å². The number of hydrogen-bond donors (Lipinski definition) is 2. The number of hydrogen-bond acceptors (Lipinski definition) is 2. The second-order valence-electron chi connectivity index (χ2n) is 2.19. The topological polar surface area (TPSA) is 50.1 Å². The van der Waals surface area contributed by atoms with Crippen molar-refractivity contribution < 1.29 is 9.78 Å². The fraction of sp³-hybridized carbons (Fsp3) is 0.286. The van der Waals surface area contributed by atoms with Gasteiger partial charge >= 0.3 is 0 Å². The van der Waals surface area contributed by atoms with E-state index in [0.717, 1.165) is 11.4 Å². The zero-order chi connectivity index (χ0) is 7.56. The van der Waals surface area contributed by atoms with Crippen molar-refractivity contribution in [2.45, 2.75) is 13.5 Å². The van der Waals surface area contributed by atoms with Crippen molar-refractivity contribution in [1.29, 1.82) is 0 Å². The molecule has 0 bridgehead atoms. The zero-order valence-electron chi connectivity index (χ0n) is 5.91. The zero-order valence-corrected chi connectivity index (χ0v) is 5.91. The van der Waals surface area contributed by atoms with Gasteiger partial charge in [-0.25, -0.2) is 5.84 Å². The molecule has 3 nitrogen and oxygen atoms in total. The molecule has 0 aliphatic carbocycles. The van der Waals surface area contributed by atoms with Gasteiger partial charge in [0.15, 0.2) is 0 Å². The van der Waals surface area contributed by atoms with Crippen LogP contribution in [0.1, 0.15) is 11.4 Å². The molecule has 0 saturated heterocycles. The van der Waals surface area contributed by atoms with Gasteiger partial charge in [0.2, 0.25) is 11.4 Å². The van der Waals surface area contributed by atoms with Crippen molar-refractivity contribution in [3.05, 3.63) is 29.6 Å². The molecule has 0 atom stereocenters. The van der Waals surface area contributed by atoms with Crippen LogP contribution in [0.2, 0.25) is 0 Å². The van der Waals surface area contributed by atoms with Crippen molar-refractivity contribution in [1.82, 2.24) is 0 Å². The average Bonchev–Trinajstić information content (AvgIpc) is 1.95. The molecule has 0 radical (unpaired) electrons. The van der Waals surface area contributed by atoms with E-state index >= 15 is 0 Å². The number of aliphatic hydroxyl groups is 1. The lowest BCUT2D eigenvalue weighted by atomic mass is 10.3. The van der Waals surface area contributed by atoms with Gasteiger partial charge in [0.1, 0.15) is 6.61 Å². The van der Waals surface area contributed by atoms with Crippen LogP contribution in [0.25, 0.3) is 0 Å². The van der Waals surface area contributed by atoms with Crippen LogP contribution in [0.15, 0.2) is 18.2 Å². The molecule has 0 amide bonds. The summed E-state index contributed by atoms with van der Waals surface area (Å²) in [5.74, 6) is 5.55. The van der Waals surface area contributed by atoms with E-state index in [0.29, 0.717) is 0 Å². The normalized spacial score (nSPS) is 9.80. The van der Waals surface area contributed by atoms with Crippen LogP contribution in [-0.2, 0) is 6.61 Å². The molecule has 0 saturated carbocycles. The monoisotopic (exact) mass is 139 g/mol. The van der Waals surface area contributed by atoms with Crippen molar-refractivity contribution in [3.8, 4) is 0 Å². The number of pyridine rings is 1. The molecule has 3 N–H and O–H groups in total. The van der Waals surface area contributed by atoms with E-state index in [-0.39, 0.29) is 6.61 Å². The molecule has 54 valence electrons. The highest BCUT2D eigenvalue weighted by Crippen LogP contribution is 1.92. The Bertz CT molecular complexity index is 235. The molecule has 10 heavy (non-hydrogen) atoms. The summed E-state index contributed by atoms with van der Waals surface area (Å²) in [6.07, 6.45) is 0. The van der Waals surface area contributed by atoms with Crippen molar-refractivity contribution in [2.75, 3.05) is 5.84 Å². The van der Waals surface area contributed by atoms with Crippen LogP contribution < -0.4 is 10.5 Å². The van der Waals surface area contributed by atoms with Gasteiger partial charge in [0.05, 0.1) is 0 Å². The number of rotatable bonds is 1. The highest BCUT2D eigenvalue weighted by atomic mass is 16.3. The van der Waals surface area contributed by atoms with Gasteiger partial charge in [-0.05, 0) is 6.07 Å². The first kappa shape index (κ1) is 7.02. The summed E-state index contributed by atoms with van der Waals surface area (Å²) in [5, 5.41) is 8.74. The summed E-state index contributed by atoms with van der Waals surface area (Å²) < 4.78 is 1.47. The van der Waals surface area contributed by atoms with E-state index in [9.17, 15) is 0 Å². The van der Waals surface area contributed by atoms with Crippen LogP contribution in [0.3, 0.4) is 0 Å². The number of nitrogens with zero attached hydrogens (tertiary/aromatic N) is 1. The van der Waals surface area contributed by atoms with Crippen LogP contribution in [0, 0.1) is 6.92 Å². The van der Waals surface area contributed by atoms with Crippen molar-refractivity contribution >= 4 is 0 Å². The molecule has 3 heteroatoms. The van der Waals surface area contributed by atoms with E-state index in [1.165, 1.54) is 4.68 Å². The Morgan fingerprint density at radius 1 is 1.60 bits per heavy atom. The van der Waals surface area contributed by atoms with Gasteiger partial charge in [-0.3, -0.25) is 0 Å². The third kappa shape index (κ3) is 1.09. The Labute approximate surface area is 59.7 Å². The molecular formula is C7H11N2O+. The van der Waals surface area contributed by atoms with E-state index in [4.69, 9.17) is 10.9 Å². The Morgan fingerprint density at radius 2 is 2.30 bits per heavy atom. The SMILES string of the molecule is Cc1cccc(CO)[n+]1N. The minimum Gasteiger partial charge on any atom is -0.385 e. The maximum atomic E-state index is 8.74. The fourth-order valence-electron chi connectivity index (χ4n) is 0.814. The molecule has 1 aromatic rings. The smallest absolute Gasteiger partial charge is 0.236 e. The molecular weight excluding hydrogens is 128 g/mol. The van der Waals surface area contributed by atoms with Gasteiger partial charge in [-0.15, -0.1) is 0 Å². The Balaban J connectivity index is 3.14. The summed E-state index contributed by atoms with van der Waals surface area (Å²) in [4.78, 5) is 0. The third-order valence-electron chi connectivity index (χ3n) is 1.48. The molecule has 1 heterocycles. The Kier molecular flexibility index (Phi) is 1.87. The lowest BCUT2D eigenvalue weighted by Gasteiger charge is -1.95. The number of nitrogens with two attached hydrogens (primary N) is 1. The van der Waals surface area contributed by atoms with Gasteiger partial charge in [0, 0.05) is 19.1 Å². The lowest BCUT2D eigenvalue weighted by Crippen LogP contribution is -2.50. The van der Waals surface area contributed by atoms with Gasteiger partial charge in [-0.1, -0.05) is 4.68 Å². The highest BCUT2D eigenvalue weighted by molar-refractivity contribution is 5.01. The average molecular weight is 139 g/mol. The quantitative estimate of drug-likeness (QED) is 0.406. The number of aromatic nitrogens is 1. The first-order valence-electron chi connectivity index (χ1n) is 3.12. The van der Waals surface area contributed by atoms with Crippen LogP contribution >= 0.6 is 0 Å². The van der Waals surface area contributed by atoms with Crippen molar-refractivity contribution in [2.24, 2.45) is 0 Å². The molecule has 0 unspecified atom stereocenters. The number of aliphatic hydroxyl groups excluding tert-OH is 1. The summed E-state index contributed by atoms with van der Waals surface area (Å²) in [6, 6.07) is 5.54. The molecule has 0 spiro atoms. The summed E-state index contributed by atoms with van der Waals surface area (Å²) in [7, 11) is 0. The fourth-order valence-corrected chi connectivity index (χ4v) is 0.814. The minimum atomic E-state index is -0.0157. The Morgan fingerprint density at radius 3 is 2.80 bits per heavy atom. The number of nitrogen functional groups attached to an aromatic ring is 1. The van der Waals surface area contributed by atoms with E-state index < -0.39 is 0 Å². The summed E-state index contributed by atoms with van der Waals surface area (Å²) in [5.41, 5.74) is 1.66. The summed E-state index contributed by atoms with van der Waals surface area (Å²) >= 11 is 0. The van der Waals surface area contributed by atoms with Crippen LogP contribution in [0.4, 0.5) is 0 Å². The Hall–Kier alpha value is -1.09. The lowest BCUT2D eigenvalue weighted by molar-refractivity contribution is -0.655. The number of aryl methyl sites for hydroxylation is 1. The molecule has 0 aromatic carbocycles.